The van der Waals surface area contributed by atoms with Gasteiger partial charge in [-0.3, -0.25) is 0 Å². The molecule has 1 saturated heterocycles. The van der Waals surface area contributed by atoms with E-state index in [0.717, 1.165) is 23.4 Å². The molecule has 3 aromatic rings. The van der Waals surface area contributed by atoms with Crippen LogP contribution in [0.4, 0.5) is 0 Å². The molecule has 30 heavy (non-hydrogen) atoms. The summed E-state index contributed by atoms with van der Waals surface area (Å²) in [5.41, 5.74) is 4.66. The number of piperidine rings is 1. The number of benzene rings is 3. The van der Waals surface area contributed by atoms with Crippen LogP contribution in [0.5, 0.6) is 5.75 Å². The quantitative estimate of drug-likeness (QED) is 0.451. The summed E-state index contributed by atoms with van der Waals surface area (Å²) in [6.45, 7) is 2.23. The average Bonchev–Trinajstić information content (AvgIpc) is 2.82. The second-order valence-electron chi connectivity index (χ2n) is 7.62. The van der Waals surface area contributed by atoms with Crippen LogP contribution in [0.25, 0.3) is 0 Å². The summed E-state index contributed by atoms with van der Waals surface area (Å²) in [7, 11) is 1.67. The Kier molecular flexibility index (Phi) is 6.35. The molecule has 1 heterocycles. The lowest BCUT2D eigenvalue weighted by atomic mass is 9.81. The standard InChI is InChI=1S/C26H27N3O/c1-19-24(29-27-18-20-13-15-23(30-2)16-14-20)17-25(21-9-5-3-6-10-21)28-26(19)22-11-7-4-8-12-22/h3-16,18-19,25-26,28H,17H2,1-2H3/b27-18+,29-24+. The summed E-state index contributed by atoms with van der Waals surface area (Å²) in [4.78, 5) is 0. The molecule has 0 saturated carbocycles. The van der Waals surface area contributed by atoms with Crippen molar-refractivity contribution in [1.29, 1.82) is 0 Å². The van der Waals surface area contributed by atoms with Crippen LogP contribution in [0.2, 0.25) is 0 Å². The number of nitrogens with one attached hydrogen (secondary N) is 1. The van der Waals surface area contributed by atoms with Crippen LogP contribution >= 0.6 is 0 Å². The van der Waals surface area contributed by atoms with Gasteiger partial charge < -0.3 is 10.1 Å². The summed E-state index contributed by atoms with van der Waals surface area (Å²) in [6.07, 6.45) is 2.64. The molecule has 4 rings (SSSR count). The minimum atomic E-state index is 0.195. The predicted octanol–water partition coefficient (Wildman–Crippen LogP) is 5.58. The van der Waals surface area contributed by atoms with Crippen LogP contribution in [0.3, 0.4) is 0 Å². The summed E-state index contributed by atoms with van der Waals surface area (Å²) >= 11 is 0. The predicted molar refractivity (Wildman–Crippen MR) is 123 cm³/mol. The van der Waals surface area contributed by atoms with Crippen molar-refractivity contribution in [2.45, 2.75) is 25.4 Å². The van der Waals surface area contributed by atoms with Gasteiger partial charge in [-0.1, -0.05) is 67.6 Å². The van der Waals surface area contributed by atoms with Gasteiger partial charge in [-0.2, -0.15) is 10.2 Å². The zero-order chi connectivity index (χ0) is 20.8. The summed E-state index contributed by atoms with van der Waals surface area (Å²) in [5.74, 6) is 1.09. The molecule has 152 valence electrons. The number of methoxy groups -OCH3 is 1. The molecule has 0 radical (unpaired) electrons. The van der Waals surface area contributed by atoms with Crippen LogP contribution in [0.15, 0.2) is 95.1 Å². The van der Waals surface area contributed by atoms with Crippen molar-refractivity contribution in [2.75, 3.05) is 7.11 Å². The Morgan fingerprint density at radius 3 is 2.13 bits per heavy atom. The van der Waals surface area contributed by atoms with Gasteiger partial charge in [0, 0.05) is 30.1 Å². The molecule has 3 unspecified atom stereocenters. The molecule has 1 aliphatic heterocycles. The van der Waals surface area contributed by atoms with E-state index in [1.165, 1.54) is 11.1 Å². The van der Waals surface area contributed by atoms with Gasteiger partial charge in [-0.05, 0) is 41.0 Å². The first kappa shape index (κ1) is 20.0. The molecule has 4 nitrogen and oxygen atoms in total. The molecule has 0 aromatic heterocycles. The second-order valence-corrected chi connectivity index (χ2v) is 7.62. The monoisotopic (exact) mass is 397 g/mol. The first-order valence-corrected chi connectivity index (χ1v) is 10.3. The molecule has 1 fully saturated rings. The molecule has 0 aliphatic carbocycles. The third kappa shape index (κ3) is 4.66. The Bertz CT molecular complexity index is 997. The van der Waals surface area contributed by atoms with Crippen LogP contribution in [-0.2, 0) is 0 Å². The van der Waals surface area contributed by atoms with Gasteiger partial charge in [0.1, 0.15) is 5.75 Å². The minimum absolute atomic E-state index is 0.195. The van der Waals surface area contributed by atoms with Crippen molar-refractivity contribution in [3.8, 4) is 5.75 Å². The number of rotatable bonds is 5. The van der Waals surface area contributed by atoms with Crippen LogP contribution in [0, 0.1) is 5.92 Å². The molecule has 4 heteroatoms. The Labute approximate surface area is 178 Å². The molecule has 0 bridgehead atoms. The Balaban J connectivity index is 1.60. The highest BCUT2D eigenvalue weighted by Crippen LogP contribution is 2.35. The minimum Gasteiger partial charge on any atom is -0.497 e. The van der Waals surface area contributed by atoms with Crippen LogP contribution in [0.1, 0.15) is 42.1 Å². The van der Waals surface area contributed by atoms with E-state index < -0.39 is 0 Å². The largest absolute Gasteiger partial charge is 0.497 e. The maximum atomic E-state index is 5.21. The third-order valence-corrected chi connectivity index (χ3v) is 5.69. The first-order valence-electron chi connectivity index (χ1n) is 10.3. The fourth-order valence-electron chi connectivity index (χ4n) is 3.94. The van der Waals surface area contributed by atoms with Crippen molar-refractivity contribution < 1.29 is 4.74 Å². The molecular formula is C26H27N3O. The van der Waals surface area contributed by atoms with E-state index in [2.05, 4.69) is 83.1 Å². The van der Waals surface area contributed by atoms with Gasteiger partial charge in [0.25, 0.3) is 0 Å². The van der Waals surface area contributed by atoms with Gasteiger partial charge in [-0.15, -0.1) is 0 Å². The van der Waals surface area contributed by atoms with Crippen molar-refractivity contribution in [3.63, 3.8) is 0 Å². The van der Waals surface area contributed by atoms with Gasteiger partial charge in [0.05, 0.1) is 13.3 Å². The number of ether oxygens (including phenoxy) is 1. The van der Waals surface area contributed by atoms with Crippen molar-refractivity contribution in [1.82, 2.24) is 5.32 Å². The smallest absolute Gasteiger partial charge is 0.118 e. The fourth-order valence-corrected chi connectivity index (χ4v) is 3.94. The molecule has 0 spiro atoms. The van der Waals surface area contributed by atoms with Gasteiger partial charge in [0.2, 0.25) is 0 Å². The second kappa shape index (κ2) is 9.51. The lowest BCUT2D eigenvalue weighted by Gasteiger charge is -2.37. The molecule has 3 atom stereocenters. The Morgan fingerprint density at radius 2 is 1.50 bits per heavy atom. The lowest BCUT2D eigenvalue weighted by molar-refractivity contribution is 0.364. The Hall–Kier alpha value is -3.24. The van der Waals surface area contributed by atoms with Crippen molar-refractivity contribution in [2.24, 2.45) is 16.1 Å². The highest BCUT2D eigenvalue weighted by atomic mass is 16.5. The average molecular weight is 398 g/mol. The van der Waals surface area contributed by atoms with E-state index in [9.17, 15) is 0 Å². The van der Waals surface area contributed by atoms with Gasteiger partial charge in [-0.25, -0.2) is 0 Å². The van der Waals surface area contributed by atoms with E-state index in [1.54, 1.807) is 13.3 Å². The molecular weight excluding hydrogens is 370 g/mol. The zero-order valence-corrected chi connectivity index (χ0v) is 17.4. The maximum Gasteiger partial charge on any atom is 0.118 e. The third-order valence-electron chi connectivity index (χ3n) is 5.69. The normalized spacial score (nSPS) is 23.0. The van der Waals surface area contributed by atoms with Gasteiger partial charge >= 0.3 is 0 Å². The molecule has 3 aromatic carbocycles. The van der Waals surface area contributed by atoms with Gasteiger partial charge in [0.15, 0.2) is 0 Å². The van der Waals surface area contributed by atoms with Crippen LogP contribution < -0.4 is 10.1 Å². The van der Waals surface area contributed by atoms with E-state index in [0.29, 0.717) is 0 Å². The van der Waals surface area contributed by atoms with Crippen molar-refractivity contribution in [3.05, 3.63) is 102 Å². The SMILES string of the molecule is COc1ccc(/C=N/N=C2\CC(c3ccccc3)NC(c3ccccc3)C2C)cc1. The van der Waals surface area contributed by atoms with E-state index in [4.69, 9.17) is 4.74 Å². The first-order chi connectivity index (χ1) is 14.7. The fraction of sp³-hybridized carbons (Fsp3) is 0.231. The highest BCUT2D eigenvalue weighted by molar-refractivity contribution is 5.89. The number of nitrogens with zero attached hydrogens (tertiary/aromatic N) is 2. The number of hydrogen-bond donors (Lipinski definition) is 1. The molecule has 1 aliphatic rings. The Morgan fingerprint density at radius 1 is 0.867 bits per heavy atom. The van der Waals surface area contributed by atoms with E-state index >= 15 is 0 Å². The topological polar surface area (TPSA) is 46.0 Å². The summed E-state index contributed by atoms with van der Waals surface area (Å²) < 4.78 is 5.21. The summed E-state index contributed by atoms with van der Waals surface area (Å²) in [5, 5.41) is 12.9. The van der Waals surface area contributed by atoms with Crippen LogP contribution in [-0.4, -0.2) is 19.0 Å². The highest BCUT2D eigenvalue weighted by Gasteiger charge is 2.33. The summed E-state index contributed by atoms with van der Waals surface area (Å²) in [6, 6.07) is 29.4. The molecule has 1 N–H and O–H groups in total. The maximum absolute atomic E-state index is 5.21. The van der Waals surface area contributed by atoms with E-state index in [1.807, 2.05) is 24.3 Å². The lowest BCUT2D eigenvalue weighted by Crippen LogP contribution is -2.41. The molecule has 0 amide bonds. The number of hydrogen-bond acceptors (Lipinski definition) is 4. The van der Waals surface area contributed by atoms with E-state index in [-0.39, 0.29) is 18.0 Å². The zero-order valence-electron chi connectivity index (χ0n) is 17.4. The van der Waals surface area contributed by atoms with Crippen molar-refractivity contribution >= 4 is 11.9 Å².